The average molecular weight is 618 g/mol. The molecule has 42 heavy (non-hydrogen) atoms. The number of anilines is 1. The summed E-state index contributed by atoms with van der Waals surface area (Å²) in [5.41, 5.74) is 1.20. The molecule has 2 aromatic rings. The third-order valence-corrected chi connectivity index (χ3v) is 18.8. The minimum absolute atomic E-state index is 0.139. The van der Waals surface area contributed by atoms with Gasteiger partial charge in [-0.1, -0.05) is 73.6 Å². The molecule has 2 fully saturated rings. The molecule has 1 amide bonds. The van der Waals surface area contributed by atoms with Gasteiger partial charge in [-0.3, -0.25) is 9.36 Å². The van der Waals surface area contributed by atoms with Crippen LogP contribution in [0.1, 0.15) is 77.5 Å². The first-order valence-electron chi connectivity index (χ1n) is 14.9. The molecule has 232 valence electrons. The molecular weight excluding hydrogens is 571 g/mol. The second kappa shape index (κ2) is 12.8. The first-order chi connectivity index (χ1) is 19.8. The molecule has 12 heteroatoms. The minimum Gasteiger partial charge on any atom is -0.414 e. The van der Waals surface area contributed by atoms with Gasteiger partial charge >= 0.3 is 22.8 Å². The summed E-state index contributed by atoms with van der Waals surface area (Å²) < 4.78 is 35.3. The number of hydrogen-bond acceptors (Lipinski definition) is 8. The number of nitrogens with zero attached hydrogens (tertiary/aromatic N) is 2. The molecule has 0 spiro atoms. The predicted octanol–water partition coefficient (Wildman–Crippen LogP) is 5.67. The number of ether oxygens (including phenoxy) is 2. The molecule has 10 nitrogen and oxygen atoms in total. The molecule has 1 aromatic carbocycles. The molecule has 2 saturated heterocycles. The van der Waals surface area contributed by atoms with Crippen molar-refractivity contribution in [1.82, 2.24) is 9.55 Å². The van der Waals surface area contributed by atoms with E-state index in [-0.39, 0.29) is 40.5 Å². The van der Waals surface area contributed by atoms with Crippen LogP contribution < -0.4 is 11.0 Å². The van der Waals surface area contributed by atoms with E-state index in [1.165, 1.54) is 4.57 Å². The van der Waals surface area contributed by atoms with Crippen LogP contribution in [0.5, 0.6) is 0 Å². The fraction of sp³-hybridized carbons (Fsp3) is 0.633. The number of carbonyl (C=O) groups is 1. The Bertz CT molecular complexity index is 1290. The summed E-state index contributed by atoms with van der Waals surface area (Å²) in [6, 6.07) is 8.80. The Hall–Kier alpha value is -2.20. The van der Waals surface area contributed by atoms with Crippen molar-refractivity contribution in [3.8, 4) is 0 Å². The molecule has 3 heterocycles. The Kier molecular flexibility index (Phi) is 9.97. The van der Waals surface area contributed by atoms with E-state index in [4.69, 9.17) is 22.4 Å². The van der Waals surface area contributed by atoms with Crippen LogP contribution in [0, 0.1) is 6.92 Å². The lowest BCUT2D eigenvalue weighted by molar-refractivity contribution is -0.0639. The van der Waals surface area contributed by atoms with Gasteiger partial charge < -0.3 is 27.8 Å². The molecule has 1 aromatic heterocycles. The standard InChI is InChI=1S/C30H47N3O7Si2/c1-18(2)41(19(3)4)37-17-24-25(39-42(40-41,20(5)6)21(7)8)26(36-10)29(38-24)33-16-22(9)27(32-30(33)35)31-28(34)23-14-12-11-13-15-23/h11-16,18-21,24-26,29H,17H2,1-10H3,(H,31,32,34,35)/t24-,25-,26-,29+/m1/s1. The zero-order chi connectivity index (χ0) is 31.0. The monoisotopic (exact) mass is 617 g/mol. The number of carbonyl (C=O) groups excluding carboxylic acids is 1. The van der Waals surface area contributed by atoms with E-state index in [0.29, 0.717) is 11.1 Å². The van der Waals surface area contributed by atoms with Crippen LogP contribution in [-0.4, -0.2) is 64.6 Å². The zero-order valence-corrected chi connectivity index (χ0v) is 28.5. The number of fused-ring (bicyclic) bond motifs is 1. The van der Waals surface area contributed by atoms with Crippen LogP contribution in [0.4, 0.5) is 5.82 Å². The lowest BCUT2D eigenvalue weighted by Gasteiger charge is -2.51. The molecule has 2 aliphatic rings. The third kappa shape index (κ3) is 5.95. The molecule has 0 aliphatic carbocycles. The summed E-state index contributed by atoms with van der Waals surface area (Å²) in [5.74, 6) is -0.141. The highest BCUT2D eigenvalue weighted by molar-refractivity contribution is 6.84. The van der Waals surface area contributed by atoms with Crippen molar-refractivity contribution in [1.29, 1.82) is 0 Å². The normalized spacial score (nSPS) is 25.5. The first-order valence-corrected chi connectivity index (χ1v) is 18.9. The second-order valence-electron chi connectivity index (χ2n) is 12.6. The van der Waals surface area contributed by atoms with Gasteiger partial charge in [0.05, 0.1) is 6.61 Å². The summed E-state index contributed by atoms with van der Waals surface area (Å²) in [4.78, 5) is 30.4. The number of benzene rings is 1. The van der Waals surface area contributed by atoms with Crippen molar-refractivity contribution < 1.29 is 27.2 Å². The number of methoxy groups -OCH3 is 1. The molecule has 0 bridgehead atoms. The number of rotatable bonds is 8. The van der Waals surface area contributed by atoms with Gasteiger partial charge in [0.15, 0.2) is 6.23 Å². The van der Waals surface area contributed by atoms with Gasteiger partial charge in [-0.15, -0.1) is 0 Å². The molecule has 0 unspecified atom stereocenters. The van der Waals surface area contributed by atoms with Crippen molar-refractivity contribution in [2.45, 2.75) is 109 Å². The molecular formula is C30H47N3O7Si2. The Morgan fingerprint density at radius 3 is 2.14 bits per heavy atom. The molecule has 2 aliphatic heterocycles. The maximum atomic E-state index is 13.4. The SMILES string of the molecule is CO[C@@H]1[C@@H]2O[Si](C(C)C)(C(C)C)O[Si](C(C)C)(C(C)C)OC[C@H]2O[C@@H]1n1cc(C)c(NC(=O)c2ccccc2)nc1=O. The quantitative estimate of drug-likeness (QED) is 0.377. The van der Waals surface area contributed by atoms with Crippen LogP contribution in [0.3, 0.4) is 0 Å². The van der Waals surface area contributed by atoms with Gasteiger partial charge in [0.2, 0.25) is 0 Å². The Labute approximate surface area is 251 Å². The van der Waals surface area contributed by atoms with Gasteiger partial charge in [0, 0.05) is 24.4 Å². The summed E-state index contributed by atoms with van der Waals surface area (Å²) >= 11 is 0. The third-order valence-electron chi connectivity index (χ3n) is 8.57. The summed E-state index contributed by atoms with van der Waals surface area (Å²) in [7, 11) is -4.06. The molecule has 0 radical (unpaired) electrons. The highest BCUT2D eigenvalue weighted by atomic mass is 28.5. The van der Waals surface area contributed by atoms with E-state index in [0.717, 1.165) is 0 Å². The van der Waals surface area contributed by atoms with Gasteiger partial charge in [-0.2, -0.15) is 4.98 Å². The van der Waals surface area contributed by atoms with Crippen molar-refractivity contribution in [2.24, 2.45) is 0 Å². The smallest absolute Gasteiger partial charge is 0.351 e. The highest BCUT2D eigenvalue weighted by Gasteiger charge is 2.62. The average Bonchev–Trinajstić information content (AvgIpc) is 3.26. The Morgan fingerprint density at radius 1 is 1.00 bits per heavy atom. The topological polar surface area (TPSA) is 110 Å². The van der Waals surface area contributed by atoms with Crippen molar-refractivity contribution >= 4 is 28.8 Å². The number of nitrogens with one attached hydrogen (secondary N) is 1. The van der Waals surface area contributed by atoms with Crippen LogP contribution in [-0.2, 0) is 22.4 Å². The number of aryl methyl sites for hydroxylation is 1. The van der Waals surface area contributed by atoms with E-state index in [1.807, 2.05) is 6.07 Å². The fourth-order valence-corrected chi connectivity index (χ4v) is 17.4. The van der Waals surface area contributed by atoms with Crippen LogP contribution in [0.2, 0.25) is 22.2 Å². The lowest BCUT2D eigenvalue weighted by atomic mass is 10.1. The molecule has 4 rings (SSSR count). The predicted molar refractivity (Wildman–Crippen MR) is 166 cm³/mol. The molecule has 1 N–H and O–H groups in total. The minimum atomic E-state index is -2.91. The number of aromatic nitrogens is 2. The van der Waals surface area contributed by atoms with Gasteiger partial charge in [-0.25, -0.2) is 4.79 Å². The van der Waals surface area contributed by atoms with Crippen LogP contribution in [0.15, 0.2) is 41.3 Å². The second-order valence-corrected chi connectivity index (χ2v) is 21.5. The summed E-state index contributed by atoms with van der Waals surface area (Å²) in [6.07, 6.45) is -0.735. The van der Waals surface area contributed by atoms with Gasteiger partial charge in [-0.05, 0) is 41.2 Å². The van der Waals surface area contributed by atoms with E-state index in [9.17, 15) is 9.59 Å². The zero-order valence-electron chi connectivity index (χ0n) is 26.5. The number of hydrogen-bond donors (Lipinski definition) is 1. The van der Waals surface area contributed by atoms with Crippen molar-refractivity contribution in [3.63, 3.8) is 0 Å². The van der Waals surface area contributed by atoms with Crippen molar-refractivity contribution in [2.75, 3.05) is 19.0 Å². The summed E-state index contributed by atoms with van der Waals surface area (Å²) in [5, 5.41) is 2.76. The van der Waals surface area contributed by atoms with E-state index in [2.05, 4.69) is 65.7 Å². The number of amides is 1. The van der Waals surface area contributed by atoms with Crippen LogP contribution in [0.25, 0.3) is 0 Å². The Balaban J connectivity index is 1.71. The van der Waals surface area contributed by atoms with E-state index < -0.39 is 47.4 Å². The van der Waals surface area contributed by atoms with E-state index >= 15 is 0 Å². The first kappa shape index (κ1) is 32.7. The highest BCUT2D eigenvalue weighted by Crippen LogP contribution is 2.48. The van der Waals surface area contributed by atoms with Gasteiger partial charge in [0.25, 0.3) is 5.91 Å². The fourth-order valence-electron chi connectivity index (χ4n) is 6.24. The molecule has 4 atom stereocenters. The maximum Gasteiger partial charge on any atom is 0.351 e. The van der Waals surface area contributed by atoms with Crippen molar-refractivity contribution in [3.05, 3.63) is 58.1 Å². The lowest BCUT2D eigenvalue weighted by Crippen LogP contribution is -2.65. The van der Waals surface area contributed by atoms with Crippen LogP contribution >= 0.6 is 0 Å². The van der Waals surface area contributed by atoms with Gasteiger partial charge in [0.1, 0.15) is 24.1 Å². The summed E-state index contributed by atoms with van der Waals surface area (Å²) in [6.45, 7) is 19.4. The van der Waals surface area contributed by atoms with E-state index in [1.54, 1.807) is 44.5 Å². The molecule has 0 saturated carbocycles. The Morgan fingerprint density at radius 2 is 1.60 bits per heavy atom. The maximum absolute atomic E-state index is 13.4. The largest absolute Gasteiger partial charge is 0.414 e.